The first kappa shape index (κ1) is 17.0. The summed E-state index contributed by atoms with van der Waals surface area (Å²) in [4.78, 5) is 10.2. The molecule has 0 fully saturated rings. The summed E-state index contributed by atoms with van der Waals surface area (Å²) in [6.45, 7) is 8.18. The molecule has 0 saturated carbocycles. The lowest BCUT2D eigenvalue weighted by Crippen LogP contribution is -2.14. The number of aryl methyl sites for hydroxylation is 3. The van der Waals surface area contributed by atoms with E-state index in [4.69, 9.17) is 4.52 Å². The van der Waals surface area contributed by atoms with E-state index < -0.39 is 7.60 Å². The molecule has 2 rings (SSSR count). The topological polar surface area (TPSA) is 46.5 Å². The van der Waals surface area contributed by atoms with E-state index in [0.717, 1.165) is 5.56 Å². The first-order valence-electron chi connectivity index (χ1n) is 7.47. The molecule has 0 spiro atoms. The van der Waals surface area contributed by atoms with Gasteiger partial charge >= 0.3 is 7.60 Å². The number of benzene rings is 2. The molecule has 2 aromatic rings. The highest BCUT2D eigenvalue weighted by Crippen LogP contribution is 2.42. The van der Waals surface area contributed by atoms with E-state index in [0.29, 0.717) is 11.7 Å². The van der Waals surface area contributed by atoms with Crippen LogP contribution in [-0.4, -0.2) is 11.5 Å². The number of hydrogen-bond donors (Lipinski definition) is 1. The summed E-state index contributed by atoms with van der Waals surface area (Å²) in [5.41, 5.74) is 5.69. The molecule has 0 aliphatic rings. The Hall–Kier alpha value is -1.41. The second-order valence-corrected chi connectivity index (χ2v) is 7.40. The van der Waals surface area contributed by atoms with Crippen LogP contribution in [0.1, 0.15) is 34.7 Å². The van der Waals surface area contributed by atoms with Gasteiger partial charge in [0, 0.05) is 0 Å². The molecule has 0 saturated heterocycles. The van der Waals surface area contributed by atoms with E-state index in [9.17, 15) is 9.46 Å². The van der Waals surface area contributed by atoms with Gasteiger partial charge in [-0.2, -0.15) is 0 Å². The van der Waals surface area contributed by atoms with Crippen LogP contribution in [0, 0.1) is 20.8 Å². The van der Waals surface area contributed by atoms with Crippen molar-refractivity contribution >= 4 is 12.9 Å². The standard InChI is InChI=1S/C18H23O3P/c1-5-21-22(19,20)18-9-7-6-8-16(18)12-17-14(3)10-13(2)11-15(17)4/h6-11H,5,12H2,1-4H3,(H,19,20). The smallest absolute Gasteiger partial charge is 0.321 e. The molecule has 0 amide bonds. The highest BCUT2D eigenvalue weighted by atomic mass is 31.2. The van der Waals surface area contributed by atoms with Crippen LogP contribution in [0.5, 0.6) is 0 Å². The zero-order chi connectivity index (χ0) is 16.3. The molecule has 1 unspecified atom stereocenters. The first-order chi connectivity index (χ1) is 10.3. The molecule has 118 valence electrons. The Labute approximate surface area is 132 Å². The van der Waals surface area contributed by atoms with Gasteiger partial charge in [-0.1, -0.05) is 35.9 Å². The fraction of sp³-hybridized carbons (Fsp3) is 0.333. The highest BCUT2D eigenvalue weighted by Gasteiger charge is 2.25. The van der Waals surface area contributed by atoms with Crippen molar-refractivity contribution in [3.8, 4) is 0 Å². The third-order valence-corrected chi connectivity index (χ3v) is 5.46. The third-order valence-electron chi connectivity index (χ3n) is 3.81. The van der Waals surface area contributed by atoms with Crippen LogP contribution in [0.3, 0.4) is 0 Å². The van der Waals surface area contributed by atoms with Crippen molar-refractivity contribution in [2.45, 2.75) is 34.1 Å². The van der Waals surface area contributed by atoms with Crippen LogP contribution in [0.2, 0.25) is 0 Å². The fourth-order valence-corrected chi connectivity index (χ4v) is 4.14. The van der Waals surface area contributed by atoms with Crippen molar-refractivity contribution in [1.82, 2.24) is 0 Å². The molecule has 22 heavy (non-hydrogen) atoms. The summed E-state index contributed by atoms with van der Waals surface area (Å²) in [6, 6.07) is 11.5. The maximum Gasteiger partial charge on any atom is 0.359 e. The molecule has 3 nitrogen and oxygen atoms in total. The summed E-state index contributed by atoms with van der Waals surface area (Å²) in [5, 5.41) is 0.399. The molecule has 0 heterocycles. The quantitative estimate of drug-likeness (QED) is 0.846. The number of hydrogen-bond acceptors (Lipinski definition) is 2. The third kappa shape index (κ3) is 3.67. The summed E-state index contributed by atoms with van der Waals surface area (Å²) >= 11 is 0. The van der Waals surface area contributed by atoms with Crippen molar-refractivity contribution < 1.29 is 14.0 Å². The Morgan fingerprint density at radius 1 is 1.09 bits per heavy atom. The van der Waals surface area contributed by atoms with Gasteiger partial charge in [0.05, 0.1) is 11.9 Å². The van der Waals surface area contributed by atoms with Crippen molar-refractivity contribution in [1.29, 1.82) is 0 Å². The molecule has 0 aliphatic heterocycles. The van der Waals surface area contributed by atoms with Gasteiger partial charge in [0.15, 0.2) is 0 Å². The molecule has 0 radical (unpaired) electrons. The van der Waals surface area contributed by atoms with Gasteiger partial charge in [0.25, 0.3) is 0 Å². The lowest BCUT2D eigenvalue weighted by Gasteiger charge is -2.17. The molecule has 4 heteroatoms. The normalized spacial score (nSPS) is 13.9. The van der Waals surface area contributed by atoms with Crippen LogP contribution in [-0.2, 0) is 15.5 Å². The molecule has 2 aromatic carbocycles. The van der Waals surface area contributed by atoms with Gasteiger partial charge in [-0.05, 0) is 62.4 Å². The first-order valence-corrected chi connectivity index (χ1v) is 9.05. The highest BCUT2D eigenvalue weighted by molar-refractivity contribution is 7.61. The van der Waals surface area contributed by atoms with Crippen LogP contribution in [0.4, 0.5) is 0 Å². The van der Waals surface area contributed by atoms with E-state index in [-0.39, 0.29) is 6.61 Å². The van der Waals surface area contributed by atoms with E-state index in [1.54, 1.807) is 19.1 Å². The van der Waals surface area contributed by atoms with Gasteiger partial charge < -0.3 is 9.42 Å². The van der Waals surface area contributed by atoms with Crippen LogP contribution >= 0.6 is 7.60 Å². The lowest BCUT2D eigenvalue weighted by atomic mass is 9.94. The van der Waals surface area contributed by atoms with E-state index in [1.165, 1.54) is 22.3 Å². The molecule has 1 N–H and O–H groups in total. The molecule has 0 bridgehead atoms. The molecule has 0 aromatic heterocycles. The minimum absolute atomic E-state index is 0.213. The second-order valence-electron chi connectivity index (χ2n) is 5.62. The Morgan fingerprint density at radius 3 is 2.27 bits per heavy atom. The van der Waals surface area contributed by atoms with Gasteiger partial charge in [0.1, 0.15) is 0 Å². The zero-order valence-corrected chi connectivity index (χ0v) is 14.5. The average Bonchev–Trinajstić information content (AvgIpc) is 2.43. The molecule has 0 aliphatic carbocycles. The van der Waals surface area contributed by atoms with E-state index in [2.05, 4.69) is 32.9 Å². The maximum absolute atomic E-state index is 12.4. The Bertz CT molecular complexity index is 699. The Kier molecular flexibility index (Phi) is 5.23. The Morgan fingerprint density at radius 2 is 1.68 bits per heavy atom. The van der Waals surface area contributed by atoms with Gasteiger partial charge in [-0.25, -0.2) is 0 Å². The maximum atomic E-state index is 12.4. The van der Waals surface area contributed by atoms with Crippen molar-refractivity contribution in [2.75, 3.05) is 6.61 Å². The Balaban J connectivity index is 2.46. The average molecular weight is 318 g/mol. The summed E-state index contributed by atoms with van der Waals surface area (Å²) in [7, 11) is -3.76. The van der Waals surface area contributed by atoms with Crippen molar-refractivity contribution in [3.63, 3.8) is 0 Å². The second kappa shape index (κ2) is 6.78. The van der Waals surface area contributed by atoms with Crippen molar-refractivity contribution in [3.05, 3.63) is 64.2 Å². The van der Waals surface area contributed by atoms with Crippen LogP contribution < -0.4 is 5.30 Å². The monoisotopic (exact) mass is 318 g/mol. The number of rotatable bonds is 5. The molecule has 1 atom stereocenters. The predicted molar refractivity (Wildman–Crippen MR) is 91.0 cm³/mol. The molecular formula is C18H23O3P. The SMILES string of the molecule is CCOP(=O)(O)c1ccccc1Cc1c(C)cc(C)cc1C. The minimum atomic E-state index is -3.76. The van der Waals surface area contributed by atoms with Crippen molar-refractivity contribution in [2.24, 2.45) is 0 Å². The minimum Gasteiger partial charge on any atom is -0.321 e. The summed E-state index contributed by atoms with van der Waals surface area (Å²) in [6.07, 6.45) is 0.631. The summed E-state index contributed by atoms with van der Waals surface area (Å²) in [5.74, 6) is 0. The summed E-state index contributed by atoms with van der Waals surface area (Å²) < 4.78 is 17.5. The van der Waals surface area contributed by atoms with Gasteiger partial charge in [-0.3, -0.25) is 4.57 Å². The van der Waals surface area contributed by atoms with Crippen LogP contribution in [0.15, 0.2) is 36.4 Å². The van der Waals surface area contributed by atoms with E-state index in [1.807, 2.05) is 12.1 Å². The largest absolute Gasteiger partial charge is 0.359 e. The lowest BCUT2D eigenvalue weighted by molar-refractivity contribution is 0.284. The van der Waals surface area contributed by atoms with Crippen LogP contribution in [0.25, 0.3) is 0 Å². The fourth-order valence-electron chi connectivity index (χ4n) is 2.86. The van der Waals surface area contributed by atoms with Gasteiger partial charge in [-0.15, -0.1) is 0 Å². The van der Waals surface area contributed by atoms with E-state index >= 15 is 0 Å². The zero-order valence-electron chi connectivity index (χ0n) is 13.6. The predicted octanol–water partition coefficient (Wildman–Crippen LogP) is 4.05. The molecular weight excluding hydrogens is 295 g/mol. The van der Waals surface area contributed by atoms with Gasteiger partial charge in [0.2, 0.25) is 0 Å².